The smallest absolute Gasteiger partial charge is 0.252 e. The van der Waals surface area contributed by atoms with Crippen molar-refractivity contribution in [3.8, 4) is 0 Å². The maximum Gasteiger partial charge on any atom is 0.252 e. The molecule has 0 aromatic carbocycles. The minimum Gasteiger partial charge on any atom is -0.356 e. The Balaban J connectivity index is 0.00000338. The van der Waals surface area contributed by atoms with Crippen LogP contribution in [0.5, 0.6) is 0 Å². The van der Waals surface area contributed by atoms with Gasteiger partial charge in [0.25, 0.3) is 5.91 Å². The summed E-state index contributed by atoms with van der Waals surface area (Å²) in [5.74, 6) is 1.14. The highest BCUT2D eigenvalue weighted by molar-refractivity contribution is 14.0. The van der Waals surface area contributed by atoms with Gasteiger partial charge in [-0.2, -0.15) is 0 Å². The first-order valence-corrected chi connectivity index (χ1v) is 9.22. The summed E-state index contributed by atoms with van der Waals surface area (Å²) < 4.78 is 0. The Morgan fingerprint density at radius 3 is 2.69 bits per heavy atom. The van der Waals surface area contributed by atoms with E-state index in [1.807, 2.05) is 0 Å². The van der Waals surface area contributed by atoms with Gasteiger partial charge in [-0.15, -0.1) is 35.3 Å². The molecule has 0 aliphatic rings. The molecule has 0 aliphatic heterocycles. The topological polar surface area (TPSA) is 78.4 Å². The van der Waals surface area contributed by atoms with Crippen molar-refractivity contribution in [1.82, 2.24) is 20.9 Å². The van der Waals surface area contributed by atoms with Gasteiger partial charge in [0.1, 0.15) is 0 Å². The molecule has 0 saturated carbocycles. The van der Waals surface area contributed by atoms with Crippen molar-refractivity contribution in [1.29, 1.82) is 0 Å². The average molecular weight is 487 g/mol. The molecule has 1 unspecified atom stereocenters. The van der Waals surface area contributed by atoms with Gasteiger partial charge < -0.3 is 16.0 Å². The number of carbonyl (C=O) groups excluding carboxylic acids is 1. The number of nitrogens with one attached hydrogen (secondary N) is 3. The zero-order valence-electron chi connectivity index (χ0n) is 15.1. The zero-order valence-corrected chi connectivity index (χ0v) is 18.2. The molecule has 2 aromatic rings. The summed E-state index contributed by atoms with van der Waals surface area (Å²) in [7, 11) is 1.74. The van der Waals surface area contributed by atoms with Gasteiger partial charge in [-0.25, -0.2) is 0 Å². The van der Waals surface area contributed by atoms with Crippen LogP contribution in [0.4, 0.5) is 0 Å². The molecular weight excluding hydrogens is 461 g/mol. The van der Waals surface area contributed by atoms with Crippen molar-refractivity contribution in [2.24, 2.45) is 10.9 Å². The highest BCUT2D eigenvalue weighted by Gasteiger charge is 2.07. The fourth-order valence-electron chi connectivity index (χ4n) is 2.29. The lowest BCUT2D eigenvalue weighted by Gasteiger charge is -2.15. The van der Waals surface area contributed by atoms with Gasteiger partial charge in [0.2, 0.25) is 0 Å². The maximum absolute atomic E-state index is 11.9. The molecule has 1 amide bonds. The summed E-state index contributed by atoms with van der Waals surface area (Å²) in [6, 6.07) is 7.74. The second kappa shape index (κ2) is 12.6. The van der Waals surface area contributed by atoms with Gasteiger partial charge in [0.15, 0.2) is 5.96 Å². The molecule has 2 rings (SSSR count). The number of rotatable bonds is 8. The van der Waals surface area contributed by atoms with Crippen molar-refractivity contribution < 1.29 is 4.79 Å². The van der Waals surface area contributed by atoms with E-state index in [4.69, 9.17) is 0 Å². The zero-order chi connectivity index (χ0) is 17.9. The van der Waals surface area contributed by atoms with Gasteiger partial charge in [0, 0.05) is 44.0 Å². The molecule has 1 atom stereocenters. The number of guanidine groups is 1. The van der Waals surface area contributed by atoms with Crippen LogP contribution in [0.3, 0.4) is 0 Å². The van der Waals surface area contributed by atoms with E-state index in [0.29, 0.717) is 24.6 Å². The van der Waals surface area contributed by atoms with E-state index in [9.17, 15) is 4.79 Å². The molecule has 0 radical (unpaired) electrons. The first kappa shape index (κ1) is 22.4. The van der Waals surface area contributed by atoms with Crippen LogP contribution >= 0.6 is 35.3 Å². The van der Waals surface area contributed by atoms with Gasteiger partial charge in [0.05, 0.1) is 5.56 Å². The molecular formula is C18H26IN5OS. The number of aliphatic imine (C=N–C) groups is 1. The minimum atomic E-state index is -0.123. The van der Waals surface area contributed by atoms with Gasteiger partial charge in [-0.3, -0.25) is 14.8 Å². The third-order valence-corrected chi connectivity index (χ3v) is 4.50. The van der Waals surface area contributed by atoms with Crippen LogP contribution in [-0.2, 0) is 6.42 Å². The largest absolute Gasteiger partial charge is 0.356 e. The summed E-state index contributed by atoms with van der Waals surface area (Å²) in [5.41, 5.74) is 0.562. The molecule has 2 aromatic heterocycles. The van der Waals surface area contributed by atoms with E-state index in [1.165, 1.54) is 4.88 Å². The number of amides is 1. The third kappa shape index (κ3) is 8.13. The van der Waals surface area contributed by atoms with Gasteiger partial charge in [-0.05, 0) is 35.9 Å². The minimum absolute atomic E-state index is 0. The predicted molar refractivity (Wildman–Crippen MR) is 119 cm³/mol. The van der Waals surface area contributed by atoms with Crippen LogP contribution in [0.1, 0.15) is 22.2 Å². The van der Waals surface area contributed by atoms with E-state index in [0.717, 1.165) is 18.9 Å². The van der Waals surface area contributed by atoms with Crippen LogP contribution in [0.2, 0.25) is 0 Å². The molecule has 0 bridgehead atoms. The number of hydrogen-bond donors (Lipinski definition) is 3. The summed E-state index contributed by atoms with van der Waals surface area (Å²) in [6.07, 6.45) is 4.26. The number of nitrogens with zero attached hydrogens (tertiary/aromatic N) is 2. The van der Waals surface area contributed by atoms with E-state index in [-0.39, 0.29) is 29.9 Å². The van der Waals surface area contributed by atoms with Crippen molar-refractivity contribution in [3.05, 3.63) is 52.5 Å². The molecule has 8 heteroatoms. The monoisotopic (exact) mass is 487 g/mol. The van der Waals surface area contributed by atoms with E-state index in [1.54, 1.807) is 42.9 Å². The number of halogens is 1. The van der Waals surface area contributed by atoms with E-state index < -0.39 is 0 Å². The average Bonchev–Trinajstić information content (AvgIpc) is 3.14. The normalized spacial score (nSPS) is 12.0. The highest BCUT2D eigenvalue weighted by atomic mass is 127. The van der Waals surface area contributed by atoms with Crippen molar-refractivity contribution >= 4 is 47.2 Å². The fourth-order valence-corrected chi connectivity index (χ4v) is 3.16. The number of thiophene rings is 1. The molecule has 6 nitrogen and oxygen atoms in total. The summed E-state index contributed by atoms with van der Waals surface area (Å²) >= 11 is 1.79. The van der Waals surface area contributed by atoms with E-state index in [2.05, 4.69) is 50.4 Å². The van der Waals surface area contributed by atoms with Crippen LogP contribution in [0.25, 0.3) is 0 Å². The Morgan fingerprint density at radius 2 is 2.04 bits per heavy atom. The summed E-state index contributed by atoms with van der Waals surface area (Å²) in [4.78, 5) is 21.4. The number of hydrogen-bond acceptors (Lipinski definition) is 4. The van der Waals surface area contributed by atoms with Gasteiger partial charge >= 0.3 is 0 Å². The van der Waals surface area contributed by atoms with Crippen LogP contribution in [0, 0.1) is 5.92 Å². The Morgan fingerprint density at radius 1 is 1.23 bits per heavy atom. The SMILES string of the molecule is CN=C(NCCNC(=O)c1cccnc1)NCC(C)Cc1cccs1.I. The van der Waals surface area contributed by atoms with Crippen LogP contribution in [-0.4, -0.2) is 43.5 Å². The highest BCUT2D eigenvalue weighted by Crippen LogP contribution is 2.13. The van der Waals surface area contributed by atoms with Crippen molar-refractivity contribution in [2.45, 2.75) is 13.3 Å². The Labute approximate surface area is 175 Å². The first-order chi connectivity index (χ1) is 12.2. The van der Waals surface area contributed by atoms with Crippen molar-refractivity contribution in [2.75, 3.05) is 26.7 Å². The van der Waals surface area contributed by atoms with Crippen LogP contribution < -0.4 is 16.0 Å². The Kier molecular flexibility index (Phi) is 10.9. The van der Waals surface area contributed by atoms with E-state index >= 15 is 0 Å². The second-order valence-electron chi connectivity index (χ2n) is 5.77. The Hall–Kier alpha value is -1.68. The maximum atomic E-state index is 11.9. The van der Waals surface area contributed by atoms with Crippen molar-refractivity contribution in [3.63, 3.8) is 0 Å². The predicted octanol–water partition coefficient (Wildman–Crippen LogP) is 2.53. The number of pyridine rings is 1. The summed E-state index contributed by atoms with van der Waals surface area (Å²) in [6.45, 7) is 4.18. The molecule has 0 saturated heterocycles. The standard InChI is InChI=1S/C18H25N5OS.HI/c1-14(11-16-6-4-10-25-16)12-23-18(19-2)22-9-8-21-17(24)15-5-3-7-20-13-15;/h3-7,10,13-14H,8-9,11-12H2,1-2H3,(H,21,24)(H2,19,22,23);1H. The lowest BCUT2D eigenvalue weighted by Crippen LogP contribution is -2.43. The first-order valence-electron chi connectivity index (χ1n) is 8.34. The lowest BCUT2D eigenvalue weighted by molar-refractivity contribution is 0.0954. The Bertz CT molecular complexity index is 663. The third-order valence-electron chi connectivity index (χ3n) is 3.60. The molecule has 3 N–H and O–H groups in total. The van der Waals surface area contributed by atoms with Crippen LogP contribution in [0.15, 0.2) is 47.0 Å². The molecule has 2 heterocycles. The molecule has 0 aliphatic carbocycles. The molecule has 0 fully saturated rings. The molecule has 0 spiro atoms. The fraction of sp³-hybridized carbons (Fsp3) is 0.389. The molecule has 26 heavy (non-hydrogen) atoms. The van der Waals surface area contributed by atoms with Gasteiger partial charge in [-0.1, -0.05) is 13.0 Å². The second-order valence-corrected chi connectivity index (χ2v) is 6.80. The lowest BCUT2D eigenvalue weighted by atomic mass is 10.1. The number of aromatic nitrogens is 1. The number of carbonyl (C=O) groups is 1. The molecule has 142 valence electrons. The quantitative estimate of drug-likeness (QED) is 0.232. The summed E-state index contributed by atoms with van der Waals surface area (Å²) in [5, 5.41) is 11.5.